The number of urea groups is 1. The van der Waals surface area contributed by atoms with Crippen LogP contribution in [0.3, 0.4) is 0 Å². The summed E-state index contributed by atoms with van der Waals surface area (Å²) < 4.78 is 10.5. The molecule has 1 aromatic rings. The van der Waals surface area contributed by atoms with Crippen LogP contribution in [0.4, 0.5) is 4.79 Å². The third-order valence-electron chi connectivity index (χ3n) is 2.08. The predicted molar refractivity (Wildman–Crippen MR) is 64.7 cm³/mol. The zero-order chi connectivity index (χ0) is 12.9. The molecule has 0 unspecified atom stereocenters. The van der Waals surface area contributed by atoms with Crippen LogP contribution in [-0.2, 0) is 4.74 Å². The summed E-state index contributed by atoms with van der Waals surface area (Å²) in [6.45, 7) is 6.14. The van der Waals surface area contributed by atoms with E-state index in [1.54, 1.807) is 19.4 Å². The van der Waals surface area contributed by atoms with Crippen LogP contribution in [0.2, 0.25) is 0 Å². The van der Waals surface area contributed by atoms with E-state index in [0.29, 0.717) is 12.3 Å². The summed E-state index contributed by atoms with van der Waals surface area (Å²) in [6, 6.07) is 3.39. The average molecular weight is 240 g/mol. The van der Waals surface area contributed by atoms with Crippen molar-refractivity contribution in [3.63, 3.8) is 0 Å². The minimum atomic E-state index is -0.268. The molecule has 0 aromatic carbocycles. The van der Waals surface area contributed by atoms with Crippen molar-refractivity contribution in [2.24, 2.45) is 0 Å². The quantitative estimate of drug-likeness (QED) is 0.846. The Morgan fingerprint density at radius 2 is 2.24 bits per heavy atom. The number of ether oxygens (including phenoxy) is 1. The van der Waals surface area contributed by atoms with Crippen molar-refractivity contribution in [1.29, 1.82) is 0 Å². The Balaban J connectivity index is 2.41. The Kier molecular flexibility index (Phi) is 4.57. The highest BCUT2D eigenvalue weighted by Crippen LogP contribution is 2.15. The molecule has 0 radical (unpaired) electrons. The minimum Gasteiger partial charge on any atom is -0.467 e. The summed E-state index contributed by atoms with van der Waals surface area (Å²) >= 11 is 0. The lowest BCUT2D eigenvalue weighted by molar-refractivity contribution is 0.0847. The molecule has 0 bridgehead atoms. The number of carbonyl (C=O) groups is 1. The number of hydrogen-bond donors (Lipinski definition) is 2. The topological polar surface area (TPSA) is 63.5 Å². The van der Waals surface area contributed by atoms with E-state index in [9.17, 15) is 4.79 Å². The van der Waals surface area contributed by atoms with E-state index in [1.807, 2.05) is 26.8 Å². The lowest BCUT2D eigenvalue weighted by atomic mass is 10.1. The number of carbonyl (C=O) groups excluding carboxylic acids is 1. The molecule has 96 valence electrons. The standard InChI is InChI=1S/C12H20N2O3/c1-12(2,3)14-11(15)13-8-10(16-4)9-6-5-7-17-9/h5-7,10H,8H2,1-4H3,(H2,13,14,15)/t10-/m0/s1. The van der Waals surface area contributed by atoms with Gasteiger partial charge in [-0.15, -0.1) is 0 Å². The smallest absolute Gasteiger partial charge is 0.315 e. The third-order valence-corrected chi connectivity index (χ3v) is 2.08. The van der Waals surface area contributed by atoms with Crippen molar-refractivity contribution in [2.75, 3.05) is 13.7 Å². The number of nitrogens with one attached hydrogen (secondary N) is 2. The first-order valence-electron chi connectivity index (χ1n) is 5.54. The molecule has 2 amide bonds. The van der Waals surface area contributed by atoms with Crippen LogP contribution in [0.25, 0.3) is 0 Å². The van der Waals surface area contributed by atoms with Crippen molar-refractivity contribution >= 4 is 6.03 Å². The van der Waals surface area contributed by atoms with Crippen LogP contribution in [0, 0.1) is 0 Å². The summed E-state index contributed by atoms with van der Waals surface area (Å²) in [5.74, 6) is 0.698. The Labute approximate surface area is 102 Å². The molecule has 0 aliphatic heterocycles. The Hall–Kier alpha value is -1.49. The summed E-state index contributed by atoms with van der Waals surface area (Å²) in [7, 11) is 1.58. The fourth-order valence-electron chi connectivity index (χ4n) is 1.34. The molecule has 1 rings (SSSR count). The van der Waals surface area contributed by atoms with Crippen LogP contribution in [0.5, 0.6) is 0 Å². The summed E-state index contributed by atoms with van der Waals surface area (Å²) in [5, 5.41) is 5.55. The first-order chi connectivity index (χ1) is 7.92. The number of amides is 2. The van der Waals surface area contributed by atoms with Gasteiger partial charge in [-0.2, -0.15) is 0 Å². The fraction of sp³-hybridized carbons (Fsp3) is 0.583. The Bertz CT molecular complexity index is 341. The summed E-state index contributed by atoms with van der Waals surface area (Å²) in [6.07, 6.45) is 1.31. The molecule has 0 aliphatic rings. The molecule has 0 saturated carbocycles. The van der Waals surface area contributed by atoms with Gasteiger partial charge in [-0.05, 0) is 32.9 Å². The molecule has 0 saturated heterocycles. The van der Waals surface area contributed by atoms with Crippen LogP contribution in [0.1, 0.15) is 32.6 Å². The number of rotatable bonds is 4. The van der Waals surface area contributed by atoms with Gasteiger partial charge in [0, 0.05) is 12.6 Å². The van der Waals surface area contributed by atoms with Crippen LogP contribution in [0.15, 0.2) is 22.8 Å². The maximum absolute atomic E-state index is 11.5. The molecular weight excluding hydrogens is 220 g/mol. The van der Waals surface area contributed by atoms with Gasteiger partial charge in [0.1, 0.15) is 11.9 Å². The van der Waals surface area contributed by atoms with Gasteiger partial charge in [0.2, 0.25) is 0 Å². The van der Waals surface area contributed by atoms with E-state index in [2.05, 4.69) is 10.6 Å². The molecule has 1 aromatic heterocycles. The lowest BCUT2D eigenvalue weighted by Crippen LogP contribution is -2.47. The zero-order valence-corrected chi connectivity index (χ0v) is 10.7. The van der Waals surface area contributed by atoms with Crippen molar-refractivity contribution in [3.8, 4) is 0 Å². The Morgan fingerprint density at radius 1 is 1.53 bits per heavy atom. The highest BCUT2D eigenvalue weighted by atomic mass is 16.5. The zero-order valence-electron chi connectivity index (χ0n) is 10.7. The molecule has 0 fully saturated rings. The van der Waals surface area contributed by atoms with Gasteiger partial charge < -0.3 is 19.8 Å². The second-order valence-electron chi connectivity index (χ2n) is 4.82. The first kappa shape index (κ1) is 13.6. The maximum atomic E-state index is 11.5. The normalized spacial score (nSPS) is 13.2. The molecular formula is C12H20N2O3. The molecule has 0 spiro atoms. The second-order valence-corrected chi connectivity index (χ2v) is 4.82. The maximum Gasteiger partial charge on any atom is 0.315 e. The van der Waals surface area contributed by atoms with E-state index < -0.39 is 0 Å². The number of hydrogen-bond acceptors (Lipinski definition) is 3. The van der Waals surface area contributed by atoms with E-state index in [1.165, 1.54) is 0 Å². The van der Waals surface area contributed by atoms with Gasteiger partial charge in [-0.3, -0.25) is 0 Å². The minimum absolute atomic E-state index is 0.217. The number of methoxy groups -OCH3 is 1. The van der Waals surface area contributed by atoms with Crippen LogP contribution >= 0.6 is 0 Å². The van der Waals surface area contributed by atoms with E-state index in [4.69, 9.17) is 9.15 Å². The van der Waals surface area contributed by atoms with Gasteiger partial charge in [-0.25, -0.2) is 4.79 Å². The van der Waals surface area contributed by atoms with Crippen molar-refractivity contribution in [3.05, 3.63) is 24.2 Å². The van der Waals surface area contributed by atoms with E-state index in [-0.39, 0.29) is 17.7 Å². The van der Waals surface area contributed by atoms with Crippen LogP contribution in [-0.4, -0.2) is 25.2 Å². The van der Waals surface area contributed by atoms with Crippen LogP contribution < -0.4 is 10.6 Å². The highest BCUT2D eigenvalue weighted by Gasteiger charge is 2.17. The number of furan rings is 1. The molecule has 1 atom stereocenters. The van der Waals surface area contributed by atoms with Crippen molar-refractivity contribution in [2.45, 2.75) is 32.4 Å². The molecule has 2 N–H and O–H groups in total. The van der Waals surface area contributed by atoms with Crippen molar-refractivity contribution in [1.82, 2.24) is 10.6 Å². The molecule has 5 nitrogen and oxygen atoms in total. The third kappa shape index (κ3) is 4.91. The van der Waals surface area contributed by atoms with Gasteiger partial charge in [0.15, 0.2) is 0 Å². The highest BCUT2D eigenvalue weighted by molar-refractivity contribution is 5.74. The van der Waals surface area contributed by atoms with Gasteiger partial charge in [0.05, 0.1) is 12.8 Å². The summed E-state index contributed by atoms with van der Waals surface area (Å²) in [5.41, 5.74) is -0.253. The lowest BCUT2D eigenvalue weighted by Gasteiger charge is -2.21. The fourth-order valence-corrected chi connectivity index (χ4v) is 1.34. The predicted octanol–water partition coefficient (Wildman–Crippen LogP) is 2.06. The SMILES string of the molecule is CO[C@@H](CNC(=O)NC(C)(C)C)c1ccco1. The summed E-state index contributed by atoms with van der Waals surface area (Å²) in [4.78, 5) is 11.5. The van der Waals surface area contributed by atoms with Gasteiger partial charge in [0.25, 0.3) is 0 Å². The molecule has 5 heteroatoms. The molecule has 1 heterocycles. The van der Waals surface area contributed by atoms with E-state index >= 15 is 0 Å². The van der Waals surface area contributed by atoms with Crippen molar-refractivity contribution < 1.29 is 13.9 Å². The Morgan fingerprint density at radius 3 is 2.71 bits per heavy atom. The largest absolute Gasteiger partial charge is 0.467 e. The van der Waals surface area contributed by atoms with Gasteiger partial charge in [-0.1, -0.05) is 0 Å². The van der Waals surface area contributed by atoms with Gasteiger partial charge >= 0.3 is 6.03 Å². The van der Waals surface area contributed by atoms with E-state index in [0.717, 1.165) is 0 Å². The molecule has 17 heavy (non-hydrogen) atoms. The first-order valence-corrected chi connectivity index (χ1v) is 5.54. The molecule has 0 aliphatic carbocycles. The monoisotopic (exact) mass is 240 g/mol. The average Bonchev–Trinajstić information content (AvgIpc) is 2.69. The second kappa shape index (κ2) is 5.72.